The molecule has 1 rings (SSSR count). The topological polar surface area (TPSA) is 9.23 Å². The molecule has 0 saturated carbocycles. The van der Waals surface area contributed by atoms with E-state index >= 15 is 0 Å². The SMILES string of the molecule is FC(F)c1cc(OC(F)(F)F)ccc1Br. The monoisotopic (exact) mass is 290 g/mol. The minimum atomic E-state index is -4.88. The number of benzene rings is 1. The first-order valence-electron chi connectivity index (χ1n) is 3.63. The molecule has 0 aromatic heterocycles. The molecule has 84 valence electrons. The van der Waals surface area contributed by atoms with Crippen molar-refractivity contribution < 1.29 is 26.7 Å². The maximum atomic E-state index is 12.3. The average molecular weight is 291 g/mol. The van der Waals surface area contributed by atoms with Crippen LogP contribution in [0.25, 0.3) is 0 Å². The van der Waals surface area contributed by atoms with Gasteiger partial charge in [-0.15, -0.1) is 13.2 Å². The third-order valence-corrected chi connectivity index (χ3v) is 2.16. The highest BCUT2D eigenvalue weighted by Gasteiger charge is 2.31. The Balaban J connectivity index is 2.98. The zero-order valence-electron chi connectivity index (χ0n) is 6.99. The van der Waals surface area contributed by atoms with E-state index in [0.29, 0.717) is 6.07 Å². The molecule has 0 N–H and O–H groups in total. The number of hydrogen-bond acceptors (Lipinski definition) is 1. The van der Waals surface area contributed by atoms with Crippen LogP contribution in [0.5, 0.6) is 5.75 Å². The third-order valence-electron chi connectivity index (χ3n) is 1.44. The van der Waals surface area contributed by atoms with Crippen molar-refractivity contribution in [2.24, 2.45) is 0 Å². The Morgan fingerprint density at radius 2 is 1.80 bits per heavy atom. The van der Waals surface area contributed by atoms with Crippen LogP contribution in [0, 0.1) is 0 Å². The average Bonchev–Trinajstić information content (AvgIpc) is 2.05. The molecular weight excluding hydrogens is 287 g/mol. The number of hydrogen-bond donors (Lipinski definition) is 0. The zero-order chi connectivity index (χ0) is 11.6. The highest BCUT2D eigenvalue weighted by atomic mass is 79.9. The van der Waals surface area contributed by atoms with E-state index in [4.69, 9.17) is 0 Å². The molecule has 0 aliphatic carbocycles. The molecule has 1 aromatic rings. The van der Waals surface area contributed by atoms with E-state index in [-0.39, 0.29) is 4.47 Å². The van der Waals surface area contributed by atoms with Gasteiger partial charge < -0.3 is 4.74 Å². The van der Waals surface area contributed by atoms with E-state index in [1.807, 2.05) is 0 Å². The maximum absolute atomic E-state index is 12.3. The maximum Gasteiger partial charge on any atom is 0.573 e. The van der Waals surface area contributed by atoms with Crippen molar-refractivity contribution in [3.63, 3.8) is 0 Å². The Morgan fingerprint density at radius 3 is 2.27 bits per heavy atom. The zero-order valence-corrected chi connectivity index (χ0v) is 8.57. The van der Waals surface area contributed by atoms with Crippen molar-refractivity contribution in [3.05, 3.63) is 28.2 Å². The molecule has 0 amide bonds. The Bertz CT molecular complexity index is 349. The fraction of sp³-hybridized carbons (Fsp3) is 0.250. The summed E-state index contributed by atoms with van der Waals surface area (Å²) in [5, 5.41) is 0. The van der Waals surface area contributed by atoms with Crippen LogP contribution in [-0.2, 0) is 0 Å². The predicted octanol–water partition coefficient (Wildman–Crippen LogP) is 4.29. The molecular formula is C8H4BrF5O. The second-order valence-electron chi connectivity index (χ2n) is 2.53. The van der Waals surface area contributed by atoms with Crippen molar-refractivity contribution in [1.82, 2.24) is 0 Å². The molecule has 7 heteroatoms. The second kappa shape index (κ2) is 4.34. The molecule has 0 aliphatic rings. The summed E-state index contributed by atoms with van der Waals surface area (Å²) < 4.78 is 63.3. The number of ether oxygens (including phenoxy) is 1. The smallest absolute Gasteiger partial charge is 0.406 e. The summed E-state index contributed by atoms with van der Waals surface area (Å²) in [5.41, 5.74) is -0.545. The molecule has 0 unspecified atom stereocenters. The van der Waals surface area contributed by atoms with E-state index < -0.39 is 24.1 Å². The molecule has 0 radical (unpaired) electrons. The summed E-state index contributed by atoms with van der Waals surface area (Å²) >= 11 is 2.79. The molecule has 0 heterocycles. The van der Waals surface area contributed by atoms with E-state index in [1.54, 1.807) is 0 Å². The Kier molecular flexibility index (Phi) is 3.54. The Labute approximate surface area is 90.0 Å². The van der Waals surface area contributed by atoms with E-state index in [9.17, 15) is 22.0 Å². The molecule has 0 atom stereocenters. The summed E-state index contributed by atoms with van der Waals surface area (Å²) in [6.07, 6.45) is -7.75. The standard InChI is InChI=1S/C8H4BrF5O/c9-6-2-1-4(15-8(12,13)14)3-5(6)7(10)11/h1-3,7H. The van der Waals surface area contributed by atoms with E-state index in [1.165, 1.54) is 0 Å². The molecule has 1 nitrogen and oxygen atoms in total. The summed E-state index contributed by atoms with van der Waals surface area (Å²) in [4.78, 5) is 0. The molecule has 15 heavy (non-hydrogen) atoms. The van der Waals surface area contributed by atoms with Crippen molar-refractivity contribution in [2.75, 3.05) is 0 Å². The van der Waals surface area contributed by atoms with Gasteiger partial charge in [-0.25, -0.2) is 8.78 Å². The Morgan fingerprint density at radius 1 is 1.20 bits per heavy atom. The predicted molar refractivity (Wildman–Crippen MR) is 45.8 cm³/mol. The Hall–Kier alpha value is -0.850. The number of alkyl halides is 5. The van der Waals surface area contributed by atoms with Gasteiger partial charge in [-0.05, 0) is 18.2 Å². The summed E-state index contributed by atoms with van der Waals surface area (Å²) in [7, 11) is 0. The number of halogens is 6. The van der Waals surface area contributed by atoms with Crippen LogP contribution < -0.4 is 4.74 Å². The fourth-order valence-corrected chi connectivity index (χ4v) is 1.31. The van der Waals surface area contributed by atoms with Gasteiger partial charge in [-0.3, -0.25) is 0 Å². The molecule has 0 bridgehead atoms. The second-order valence-corrected chi connectivity index (χ2v) is 3.39. The summed E-state index contributed by atoms with van der Waals surface area (Å²) in [6, 6.07) is 2.66. The highest BCUT2D eigenvalue weighted by molar-refractivity contribution is 9.10. The minimum Gasteiger partial charge on any atom is -0.406 e. The first kappa shape index (κ1) is 12.2. The van der Waals surface area contributed by atoms with E-state index in [2.05, 4.69) is 20.7 Å². The largest absolute Gasteiger partial charge is 0.573 e. The van der Waals surface area contributed by atoms with Crippen LogP contribution in [0.4, 0.5) is 22.0 Å². The lowest BCUT2D eigenvalue weighted by atomic mass is 10.2. The van der Waals surface area contributed by atoms with Gasteiger partial charge in [-0.1, -0.05) is 15.9 Å². The minimum absolute atomic E-state index is 0.0343. The van der Waals surface area contributed by atoms with Gasteiger partial charge in [0, 0.05) is 10.0 Å². The van der Waals surface area contributed by atoms with Gasteiger partial charge in [0.15, 0.2) is 0 Å². The third kappa shape index (κ3) is 3.65. The van der Waals surface area contributed by atoms with Gasteiger partial charge in [0.25, 0.3) is 6.43 Å². The van der Waals surface area contributed by atoms with Crippen LogP contribution in [0.3, 0.4) is 0 Å². The quantitative estimate of drug-likeness (QED) is 0.739. The van der Waals surface area contributed by atoms with Gasteiger partial charge in [0.2, 0.25) is 0 Å². The van der Waals surface area contributed by atoms with Gasteiger partial charge >= 0.3 is 6.36 Å². The first-order chi connectivity index (χ1) is 6.79. The number of rotatable bonds is 2. The molecule has 0 fully saturated rings. The summed E-state index contributed by atoms with van der Waals surface area (Å²) in [5.74, 6) is -0.666. The van der Waals surface area contributed by atoms with Crippen molar-refractivity contribution in [3.8, 4) is 5.75 Å². The van der Waals surface area contributed by atoms with Crippen LogP contribution in [-0.4, -0.2) is 6.36 Å². The van der Waals surface area contributed by atoms with Crippen molar-refractivity contribution in [1.29, 1.82) is 0 Å². The van der Waals surface area contributed by atoms with Crippen molar-refractivity contribution >= 4 is 15.9 Å². The summed E-state index contributed by atoms with van der Waals surface area (Å²) in [6.45, 7) is 0. The van der Waals surface area contributed by atoms with Crippen LogP contribution >= 0.6 is 15.9 Å². The fourth-order valence-electron chi connectivity index (χ4n) is 0.886. The first-order valence-corrected chi connectivity index (χ1v) is 4.42. The highest BCUT2D eigenvalue weighted by Crippen LogP contribution is 2.32. The van der Waals surface area contributed by atoms with Crippen LogP contribution in [0.2, 0.25) is 0 Å². The molecule has 1 aromatic carbocycles. The lowest BCUT2D eigenvalue weighted by Gasteiger charge is -2.10. The lowest BCUT2D eigenvalue weighted by Crippen LogP contribution is -2.17. The lowest BCUT2D eigenvalue weighted by molar-refractivity contribution is -0.274. The van der Waals surface area contributed by atoms with E-state index in [0.717, 1.165) is 12.1 Å². The van der Waals surface area contributed by atoms with Gasteiger partial charge in [-0.2, -0.15) is 0 Å². The molecule has 0 saturated heterocycles. The van der Waals surface area contributed by atoms with Crippen molar-refractivity contribution in [2.45, 2.75) is 12.8 Å². The van der Waals surface area contributed by atoms with Gasteiger partial charge in [0.05, 0.1) is 0 Å². The normalized spacial score (nSPS) is 11.9. The van der Waals surface area contributed by atoms with Crippen LogP contribution in [0.1, 0.15) is 12.0 Å². The molecule has 0 aliphatic heterocycles. The van der Waals surface area contributed by atoms with Gasteiger partial charge in [0.1, 0.15) is 5.75 Å². The van der Waals surface area contributed by atoms with Crippen LogP contribution in [0.15, 0.2) is 22.7 Å². The molecule has 0 spiro atoms.